The second kappa shape index (κ2) is 8.74. The van der Waals surface area contributed by atoms with Crippen LogP contribution in [0.5, 0.6) is 5.75 Å². The number of halogens is 1. The Balaban J connectivity index is 1.93. The van der Waals surface area contributed by atoms with Crippen molar-refractivity contribution in [3.05, 3.63) is 59.9 Å². The van der Waals surface area contributed by atoms with E-state index in [-0.39, 0.29) is 4.90 Å². The molecule has 2 aromatic rings. The van der Waals surface area contributed by atoms with E-state index in [0.29, 0.717) is 11.3 Å². The standard InChI is InChI=1S/C18H18FNO6S/c1-12(18(22)13-6-8-15(25-2)9-7-13)26-17(21)11-20-27(23,24)16-5-3-4-14(19)10-16/h3-10,12,20H,11H2,1-2H3/t12-/m0/s1. The molecule has 9 heteroatoms. The minimum absolute atomic E-state index is 0.316. The van der Waals surface area contributed by atoms with E-state index in [1.807, 2.05) is 4.72 Å². The van der Waals surface area contributed by atoms with Gasteiger partial charge in [-0.05, 0) is 49.4 Å². The van der Waals surface area contributed by atoms with Crippen molar-refractivity contribution in [3.63, 3.8) is 0 Å². The van der Waals surface area contributed by atoms with E-state index >= 15 is 0 Å². The first-order chi connectivity index (χ1) is 12.7. The molecule has 0 aliphatic rings. The molecule has 27 heavy (non-hydrogen) atoms. The SMILES string of the molecule is COc1ccc(C(=O)[C@H](C)OC(=O)CNS(=O)(=O)c2cccc(F)c2)cc1. The Bertz CT molecular complexity index is 927. The summed E-state index contributed by atoms with van der Waals surface area (Å²) in [6.45, 7) is 0.685. The van der Waals surface area contributed by atoms with Crippen LogP contribution in [-0.4, -0.2) is 39.9 Å². The van der Waals surface area contributed by atoms with Crippen LogP contribution in [0.1, 0.15) is 17.3 Å². The van der Waals surface area contributed by atoms with Crippen LogP contribution in [0.4, 0.5) is 4.39 Å². The molecule has 0 amide bonds. The molecule has 1 atom stereocenters. The highest BCUT2D eigenvalue weighted by Crippen LogP contribution is 2.14. The quantitative estimate of drug-likeness (QED) is 0.542. The van der Waals surface area contributed by atoms with Crippen LogP contribution in [-0.2, 0) is 19.6 Å². The highest BCUT2D eigenvalue weighted by molar-refractivity contribution is 7.89. The lowest BCUT2D eigenvalue weighted by atomic mass is 10.1. The fourth-order valence-electron chi connectivity index (χ4n) is 2.15. The lowest BCUT2D eigenvalue weighted by Gasteiger charge is -2.13. The molecule has 0 radical (unpaired) electrons. The number of ketones is 1. The molecule has 0 saturated heterocycles. The van der Waals surface area contributed by atoms with Gasteiger partial charge in [0.25, 0.3) is 0 Å². The van der Waals surface area contributed by atoms with Crippen LogP contribution in [0.25, 0.3) is 0 Å². The second-order valence-corrected chi connectivity index (χ2v) is 7.27. The number of carbonyl (C=O) groups excluding carboxylic acids is 2. The number of sulfonamides is 1. The Kier molecular flexibility index (Phi) is 6.65. The highest BCUT2D eigenvalue weighted by atomic mass is 32.2. The number of Topliss-reactive ketones (excluding diaryl/α,β-unsaturated/α-hetero) is 1. The zero-order chi connectivity index (χ0) is 20.0. The number of hydrogen-bond donors (Lipinski definition) is 1. The van der Waals surface area contributed by atoms with E-state index in [1.165, 1.54) is 38.3 Å². The van der Waals surface area contributed by atoms with Gasteiger partial charge in [-0.2, -0.15) is 4.72 Å². The molecule has 2 rings (SSSR count). The molecule has 7 nitrogen and oxygen atoms in total. The van der Waals surface area contributed by atoms with Crippen LogP contribution < -0.4 is 9.46 Å². The third-order valence-electron chi connectivity index (χ3n) is 3.56. The second-order valence-electron chi connectivity index (χ2n) is 5.51. The summed E-state index contributed by atoms with van der Waals surface area (Å²) in [5.74, 6) is -1.54. The van der Waals surface area contributed by atoms with E-state index < -0.39 is 40.2 Å². The maximum Gasteiger partial charge on any atom is 0.321 e. The van der Waals surface area contributed by atoms with E-state index in [1.54, 1.807) is 12.1 Å². The van der Waals surface area contributed by atoms with Crippen molar-refractivity contribution in [2.45, 2.75) is 17.9 Å². The molecule has 144 valence electrons. The molecule has 0 aliphatic heterocycles. The van der Waals surface area contributed by atoms with Crippen LogP contribution in [0, 0.1) is 5.82 Å². The lowest BCUT2D eigenvalue weighted by Crippen LogP contribution is -2.34. The number of rotatable bonds is 8. The largest absolute Gasteiger partial charge is 0.497 e. The van der Waals surface area contributed by atoms with Gasteiger partial charge in [-0.3, -0.25) is 9.59 Å². The number of nitrogens with one attached hydrogen (secondary N) is 1. The summed E-state index contributed by atoms with van der Waals surface area (Å²) in [6, 6.07) is 10.6. The van der Waals surface area contributed by atoms with Gasteiger partial charge >= 0.3 is 5.97 Å². The maximum absolute atomic E-state index is 13.1. The molecule has 2 aromatic carbocycles. The molecule has 1 N–H and O–H groups in total. The molecule has 0 spiro atoms. The first kappa shape index (κ1) is 20.5. The molecule has 0 saturated carbocycles. The van der Waals surface area contributed by atoms with E-state index in [0.717, 1.165) is 12.1 Å². The Morgan fingerprint density at radius 2 is 1.81 bits per heavy atom. The summed E-state index contributed by atoms with van der Waals surface area (Å²) < 4.78 is 49.1. The van der Waals surface area contributed by atoms with Crippen molar-refractivity contribution < 1.29 is 31.9 Å². The third kappa shape index (κ3) is 5.60. The predicted molar refractivity (Wildman–Crippen MR) is 94.5 cm³/mol. The van der Waals surface area contributed by atoms with Gasteiger partial charge < -0.3 is 9.47 Å². The summed E-state index contributed by atoms with van der Waals surface area (Å²) in [4.78, 5) is 23.8. The number of ether oxygens (including phenoxy) is 2. The zero-order valence-electron chi connectivity index (χ0n) is 14.6. The summed E-state index contributed by atoms with van der Waals surface area (Å²) in [5.41, 5.74) is 0.316. The monoisotopic (exact) mass is 395 g/mol. The molecule has 0 aliphatic carbocycles. The average Bonchev–Trinajstić information content (AvgIpc) is 2.66. The van der Waals surface area contributed by atoms with E-state index in [2.05, 4.69) is 0 Å². The third-order valence-corrected chi connectivity index (χ3v) is 4.96. The van der Waals surface area contributed by atoms with Crippen molar-refractivity contribution in [2.75, 3.05) is 13.7 Å². The first-order valence-corrected chi connectivity index (χ1v) is 9.34. The Morgan fingerprint density at radius 3 is 2.41 bits per heavy atom. The van der Waals surface area contributed by atoms with Crippen molar-refractivity contribution in [2.24, 2.45) is 0 Å². The van der Waals surface area contributed by atoms with Gasteiger partial charge in [0, 0.05) is 5.56 Å². The molecular weight excluding hydrogens is 377 g/mol. The summed E-state index contributed by atoms with van der Waals surface area (Å²) in [6.07, 6.45) is -1.11. The van der Waals surface area contributed by atoms with Crippen molar-refractivity contribution in [1.29, 1.82) is 0 Å². The Labute approximate surface area is 156 Å². The predicted octanol–water partition coefficient (Wildman–Crippen LogP) is 1.93. The topological polar surface area (TPSA) is 98.8 Å². The molecule has 0 heterocycles. The Morgan fingerprint density at radius 1 is 1.15 bits per heavy atom. The number of carbonyl (C=O) groups is 2. The normalized spacial score (nSPS) is 12.3. The Hall–Kier alpha value is -2.78. The van der Waals surface area contributed by atoms with Gasteiger partial charge in [0.15, 0.2) is 6.10 Å². The molecule has 0 unspecified atom stereocenters. The minimum atomic E-state index is -4.08. The van der Waals surface area contributed by atoms with Gasteiger partial charge in [0.2, 0.25) is 15.8 Å². The smallest absolute Gasteiger partial charge is 0.321 e. The summed E-state index contributed by atoms with van der Waals surface area (Å²) in [5, 5.41) is 0. The summed E-state index contributed by atoms with van der Waals surface area (Å²) >= 11 is 0. The maximum atomic E-state index is 13.1. The van der Waals surface area contributed by atoms with Crippen molar-refractivity contribution in [1.82, 2.24) is 4.72 Å². The van der Waals surface area contributed by atoms with Crippen molar-refractivity contribution in [3.8, 4) is 5.75 Å². The van der Waals surface area contributed by atoms with Crippen LogP contribution in [0.3, 0.4) is 0 Å². The zero-order valence-corrected chi connectivity index (χ0v) is 15.5. The fraction of sp³-hybridized carbons (Fsp3) is 0.222. The molecule has 0 fully saturated rings. The van der Waals surface area contributed by atoms with Gasteiger partial charge in [-0.25, -0.2) is 12.8 Å². The van der Waals surface area contributed by atoms with Gasteiger partial charge in [0.1, 0.15) is 18.1 Å². The lowest BCUT2D eigenvalue weighted by molar-refractivity contribution is -0.144. The van der Waals surface area contributed by atoms with Crippen LogP contribution >= 0.6 is 0 Å². The van der Waals surface area contributed by atoms with Gasteiger partial charge in [-0.1, -0.05) is 6.07 Å². The van der Waals surface area contributed by atoms with Crippen LogP contribution in [0.2, 0.25) is 0 Å². The number of hydrogen-bond acceptors (Lipinski definition) is 6. The number of methoxy groups -OCH3 is 1. The first-order valence-electron chi connectivity index (χ1n) is 7.86. The van der Waals surface area contributed by atoms with Gasteiger partial charge in [-0.15, -0.1) is 0 Å². The van der Waals surface area contributed by atoms with Crippen LogP contribution in [0.15, 0.2) is 53.4 Å². The number of benzene rings is 2. The molecular formula is C18H18FNO6S. The van der Waals surface area contributed by atoms with Gasteiger partial charge in [0.05, 0.1) is 12.0 Å². The minimum Gasteiger partial charge on any atom is -0.497 e. The summed E-state index contributed by atoms with van der Waals surface area (Å²) in [7, 11) is -2.59. The number of esters is 1. The van der Waals surface area contributed by atoms with Crippen molar-refractivity contribution >= 4 is 21.8 Å². The van der Waals surface area contributed by atoms with E-state index in [9.17, 15) is 22.4 Å². The molecule has 0 aromatic heterocycles. The average molecular weight is 395 g/mol. The fourth-order valence-corrected chi connectivity index (χ4v) is 3.15. The molecule has 0 bridgehead atoms. The highest BCUT2D eigenvalue weighted by Gasteiger charge is 2.21. The van der Waals surface area contributed by atoms with E-state index in [4.69, 9.17) is 9.47 Å².